The smallest absolute Gasteiger partial charge is 0.714 e. The summed E-state index contributed by atoms with van der Waals surface area (Å²) in [6, 6.07) is 5.03. The number of amides is 1. The third-order valence-corrected chi connectivity index (χ3v) is 4.47. The molecule has 138 valence electrons. The standard InChI is InChI=1S/C16H15ClN2O6S.K/c1-9-8-24-10(2)15(9)16(20)19-13-7-12(17)5-3-11(13)4-6-14(19)18-25-26(21,22)23;/h3,5,7-8H,4,6H2,1-2H3,(H,21,22,23);/q;+1/p-1/b18-14-;. The average Bonchev–Trinajstić information content (AvgIpc) is 2.89. The molecule has 1 amide bonds. The van der Waals surface area contributed by atoms with Gasteiger partial charge in [0.05, 0.1) is 17.5 Å². The SMILES string of the molecule is Cc1coc(C)c1C(=O)N1/C(=N\OS(=O)(=O)[O-])CCc2ccc(Cl)cc21.[K+]. The molecule has 2 aromatic rings. The third-order valence-electron chi connectivity index (χ3n) is 3.97. The van der Waals surface area contributed by atoms with Crippen molar-refractivity contribution in [3.8, 4) is 0 Å². The van der Waals surface area contributed by atoms with Crippen LogP contribution in [0.25, 0.3) is 0 Å². The van der Waals surface area contributed by atoms with Crippen molar-refractivity contribution in [2.24, 2.45) is 5.16 Å². The number of benzene rings is 1. The fourth-order valence-corrected chi connectivity index (χ4v) is 3.20. The molecule has 0 aliphatic carbocycles. The maximum atomic E-state index is 13.2. The van der Waals surface area contributed by atoms with E-state index in [1.807, 2.05) is 0 Å². The molecule has 0 bridgehead atoms. The Morgan fingerprint density at radius 3 is 2.63 bits per heavy atom. The van der Waals surface area contributed by atoms with Gasteiger partial charge in [0.1, 0.15) is 5.76 Å². The van der Waals surface area contributed by atoms with Crippen LogP contribution in [-0.2, 0) is 21.1 Å². The van der Waals surface area contributed by atoms with E-state index in [1.54, 1.807) is 32.0 Å². The molecule has 0 radical (unpaired) electrons. The van der Waals surface area contributed by atoms with Crippen LogP contribution in [0.3, 0.4) is 0 Å². The number of carbonyl (C=O) groups is 1. The minimum absolute atomic E-state index is 0. The molecule has 0 N–H and O–H groups in total. The van der Waals surface area contributed by atoms with E-state index in [9.17, 15) is 17.8 Å². The number of amidine groups is 1. The van der Waals surface area contributed by atoms with Crippen molar-refractivity contribution in [2.45, 2.75) is 26.7 Å². The molecule has 1 aromatic heterocycles. The molecular weight excluding hydrogens is 423 g/mol. The molecule has 0 saturated heterocycles. The Morgan fingerprint density at radius 1 is 1.33 bits per heavy atom. The molecule has 0 fully saturated rings. The van der Waals surface area contributed by atoms with E-state index in [1.165, 1.54) is 11.2 Å². The molecule has 2 heterocycles. The number of hydrogen-bond donors (Lipinski definition) is 0. The average molecular weight is 437 g/mol. The van der Waals surface area contributed by atoms with E-state index >= 15 is 0 Å². The van der Waals surface area contributed by atoms with Gasteiger partial charge in [-0.05, 0) is 38.0 Å². The van der Waals surface area contributed by atoms with Crippen LogP contribution in [0.2, 0.25) is 5.02 Å². The molecule has 0 unspecified atom stereocenters. The number of rotatable bonds is 3. The summed E-state index contributed by atoms with van der Waals surface area (Å²) in [6.45, 7) is 3.35. The van der Waals surface area contributed by atoms with Gasteiger partial charge in [0.2, 0.25) is 0 Å². The van der Waals surface area contributed by atoms with Crippen molar-refractivity contribution in [2.75, 3.05) is 4.90 Å². The summed E-state index contributed by atoms with van der Waals surface area (Å²) in [4.78, 5) is 14.4. The predicted octanol–water partition coefficient (Wildman–Crippen LogP) is -0.0629. The van der Waals surface area contributed by atoms with Gasteiger partial charge in [-0.3, -0.25) is 14.0 Å². The van der Waals surface area contributed by atoms with E-state index in [-0.39, 0.29) is 63.6 Å². The van der Waals surface area contributed by atoms with E-state index in [0.717, 1.165) is 5.56 Å². The predicted molar refractivity (Wildman–Crippen MR) is 93.0 cm³/mol. The Balaban J connectivity index is 0.00000261. The van der Waals surface area contributed by atoms with E-state index in [0.29, 0.717) is 34.0 Å². The topological polar surface area (TPSA) is 112 Å². The van der Waals surface area contributed by atoms with Gasteiger partial charge in [-0.1, -0.05) is 22.8 Å². The van der Waals surface area contributed by atoms with Gasteiger partial charge >= 0.3 is 51.4 Å². The fraction of sp³-hybridized carbons (Fsp3) is 0.250. The van der Waals surface area contributed by atoms with Gasteiger partial charge in [-0.15, -0.1) is 0 Å². The fourth-order valence-electron chi connectivity index (χ4n) is 2.86. The van der Waals surface area contributed by atoms with Gasteiger partial charge < -0.3 is 8.97 Å². The summed E-state index contributed by atoms with van der Waals surface area (Å²) in [5, 5.41) is 3.79. The molecule has 11 heteroatoms. The number of halogens is 1. The third kappa shape index (κ3) is 5.01. The Kier molecular flexibility index (Phi) is 7.31. The van der Waals surface area contributed by atoms with Crippen LogP contribution >= 0.6 is 11.6 Å². The summed E-state index contributed by atoms with van der Waals surface area (Å²) in [7, 11) is -5.05. The van der Waals surface area contributed by atoms with Gasteiger partial charge in [0, 0.05) is 17.0 Å². The van der Waals surface area contributed by atoms with Gasteiger partial charge in [-0.25, -0.2) is 0 Å². The quantitative estimate of drug-likeness (QED) is 0.288. The Labute approximate surface area is 203 Å². The second kappa shape index (κ2) is 8.74. The number of furan rings is 1. The maximum absolute atomic E-state index is 13.2. The number of fused-ring (bicyclic) bond motifs is 1. The minimum Gasteiger partial charge on any atom is -0.714 e. The van der Waals surface area contributed by atoms with Crippen molar-refractivity contribution in [3.05, 3.63) is 51.9 Å². The zero-order valence-electron chi connectivity index (χ0n) is 14.9. The summed E-state index contributed by atoms with van der Waals surface area (Å²) < 4.78 is 41.6. The molecule has 1 aliphatic heterocycles. The second-order valence-electron chi connectivity index (χ2n) is 5.75. The van der Waals surface area contributed by atoms with Crippen LogP contribution in [-0.4, -0.2) is 24.7 Å². The van der Waals surface area contributed by atoms with Crippen LogP contribution in [0.5, 0.6) is 0 Å². The Morgan fingerprint density at radius 2 is 2.04 bits per heavy atom. The first-order chi connectivity index (χ1) is 12.2. The maximum Gasteiger partial charge on any atom is 1.00 e. The molecule has 0 atom stereocenters. The van der Waals surface area contributed by atoms with Gasteiger partial charge in [-0.2, -0.15) is 8.42 Å². The minimum atomic E-state index is -5.05. The van der Waals surface area contributed by atoms with Crippen LogP contribution in [0, 0.1) is 13.8 Å². The zero-order valence-corrected chi connectivity index (χ0v) is 19.5. The van der Waals surface area contributed by atoms with Crippen molar-refractivity contribution in [3.63, 3.8) is 0 Å². The molecular formula is C16H14ClKN2O6S. The molecule has 8 nitrogen and oxygen atoms in total. The van der Waals surface area contributed by atoms with Crippen LogP contribution in [0.4, 0.5) is 5.69 Å². The van der Waals surface area contributed by atoms with Crippen molar-refractivity contribution >= 4 is 39.4 Å². The van der Waals surface area contributed by atoms with E-state index in [4.69, 9.17) is 16.0 Å². The van der Waals surface area contributed by atoms with Crippen LogP contribution in [0.1, 0.15) is 33.7 Å². The summed E-state index contributed by atoms with van der Waals surface area (Å²) in [5.74, 6) is -0.0924. The Hall–Kier alpha value is -0.724. The number of oxime groups is 1. The Bertz CT molecular complexity index is 998. The number of hydrogen-bond acceptors (Lipinski definition) is 7. The molecule has 3 rings (SSSR count). The number of carbonyl (C=O) groups excluding carboxylic acids is 1. The first kappa shape index (κ1) is 22.6. The molecule has 27 heavy (non-hydrogen) atoms. The second-order valence-corrected chi connectivity index (χ2v) is 7.16. The number of anilines is 1. The number of nitrogens with zero attached hydrogens (tertiary/aromatic N) is 2. The molecule has 0 spiro atoms. The normalized spacial score (nSPS) is 15.3. The van der Waals surface area contributed by atoms with Gasteiger partial charge in [0.15, 0.2) is 5.84 Å². The molecule has 0 saturated carbocycles. The van der Waals surface area contributed by atoms with E-state index < -0.39 is 16.3 Å². The zero-order chi connectivity index (χ0) is 19.1. The summed E-state index contributed by atoms with van der Waals surface area (Å²) >= 11 is 6.06. The monoisotopic (exact) mass is 436 g/mol. The molecule has 1 aromatic carbocycles. The van der Waals surface area contributed by atoms with Gasteiger partial charge in [0.25, 0.3) is 16.3 Å². The van der Waals surface area contributed by atoms with Crippen molar-refractivity contribution in [1.82, 2.24) is 0 Å². The van der Waals surface area contributed by atoms with Crippen molar-refractivity contribution in [1.29, 1.82) is 0 Å². The van der Waals surface area contributed by atoms with Crippen LogP contribution in [0.15, 0.2) is 34.0 Å². The molecule has 1 aliphatic rings. The largest absolute Gasteiger partial charge is 1.00 e. The summed E-state index contributed by atoms with van der Waals surface area (Å²) in [6.07, 6.45) is 2.12. The first-order valence-corrected chi connectivity index (χ1v) is 9.27. The van der Waals surface area contributed by atoms with Crippen LogP contribution < -0.4 is 56.3 Å². The first-order valence-electron chi connectivity index (χ1n) is 7.56. The summed E-state index contributed by atoms with van der Waals surface area (Å²) in [5.41, 5.74) is 2.19. The number of aryl methyl sites for hydroxylation is 3. The van der Waals surface area contributed by atoms with Crippen molar-refractivity contribution < 1.29 is 77.9 Å². The van der Waals surface area contributed by atoms with E-state index in [2.05, 4.69) is 9.44 Å².